The highest BCUT2D eigenvalue weighted by molar-refractivity contribution is 14.1. The summed E-state index contributed by atoms with van der Waals surface area (Å²) in [5.74, 6) is -0.0536. The number of amides is 1. The second-order valence-electron chi connectivity index (χ2n) is 4.29. The first-order valence-electron chi connectivity index (χ1n) is 6.17. The van der Waals surface area contributed by atoms with Crippen molar-refractivity contribution in [2.75, 3.05) is 0 Å². The van der Waals surface area contributed by atoms with Gasteiger partial charge in [-0.1, -0.05) is 6.07 Å². The molecule has 1 N–H and O–H groups in total. The molecular formula is C14H16IN3O. The molecule has 0 saturated heterocycles. The van der Waals surface area contributed by atoms with Crippen molar-refractivity contribution in [2.24, 2.45) is 0 Å². The zero-order chi connectivity index (χ0) is 13.8. The Labute approximate surface area is 126 Å². The normalized spacial score (nSPS) is 10.5. The van der Waals surface area contributed by atoms with Gasteiger partial charge in [-0.15, -0.1) is 0 Å². The highest BCUT2D eigenvalue weighted by atomic mass is 127. The van der Waals surface area contributed by atoms with Crippen LogP contribution >= 0.6 is 22.6 Å². The van der Waals surface area contributed by atoms with Crippen LogP contribution in [-0.4, -0.2) is 15.7 Å². The molecular weight excluding hydrogens is 353 g/mol. The molecule has 0 aliphatic heterocycles. The van der Waals surface area contributed by atoms with Gasteiger partial charge in [0.25, 0.3) is 5.91 Å². The van der Waals surface area contributed by atoms with Gasteiger partial charge in [0.15, 0.2) is 0 Å². The van der Waals surface area contributed by atoms with Gasteiger partial charge in [0.05, 0.1) is 5.69 Å². The number of hydrogen-bond acceptors (Lipinski definition) is 2. The summed E-state index contributed by atoms with van der Waals surface area (Å²) in [6, 6.07) is 7.54. The van der Waals surface area contributed by atoms with Gasteiger partial charge in [-0.25, -0.2) is 0 Å². The molecule has 0 bridgehead atoms. The van der Waals surface area contributed by atoms with Crippen molar-refractivity contribution in [1.82, 2.24) is 15.1 Å². The van der Waals surface area contributed by atoms with Gasteiger partial charge in [0.1, 0.15) is 0 Å². The minimum absolute atomic E-state index is 0.0536. The average Bonchev–Trinajstić information content (AvgIpc) is 2.76. The van der Waals surface area contributed by atoms with Crippen LogP contribution in [0.3, 0.4) is 0 Å². The average molecular weight is 369 g/mol. The first kappa shape index (κ1) is 14.0. The van der Waals surface area contributed by atoms with Gasteiger partial charge in [0.2, 0.25) is 0 Å². The summed E-state index contributed by atoms with van der Waals surface area (Å²) in [6.45, 7) is 5.35. The summed E-state index contributed by atoms with van der Waals surface area (Å²) in [7, 11) is 0. The Morgan fingerprint density at radius 1 is 1.47 bits per heavy atom. The number of rotatable bonds is 4. The summed E-state index contributed by atoms with van der Waals surface area (Å²) in [5, 5.41) is 7.28. The van der Waals surface area contributed by atoms with Crippen molar-refractivity contribution >= 4 is 28.5 Å². The topological polar surface area (TPSA) is 46.9 Å². The third kappa shape index (κ3) is 3.56. The highest BCUT2D eigenvalue weighted by Gasteiger charge is 2.08. The van der Waals surface area contributed by atoms with Crippen molar-refractivity contribution in [3.05, 3.63) is 50.9 Å². The Bertz CT molecular complexity index is 592. The Morgan fingerprint density at radius 3 is 2.89 bits per heavy atom. The van der Waals surface area contributed by atoms with E-state index < -0.39 is 0 Å². The van der Waals surface area contributed by atoms with Crippen molar-refractivity contribution in [3.8, 4) is 0 Å². The van der Waals surface area contributed by atoms with E-state index >= 15 is 0 Å². The molecule has 0 radical (unpaired) electrons. The standard InChI is InChI=1S/C14H16IN3O/c1-3-18-9-12(10(2)17-18)8-16-14(19)11-5-4-6-13(15)7-11/h4-7,9H,3,8H2,1-2H3,(H,16,19). The number of halogens is 1. The summed E-state index contributed by atoms with van der Waals surface area (Å²) in [4.78, 5) is 12.0. The SMILES string of the molecule is CCn1cc(CNC(=O)c2cccc(I)c2)c(C)n1. The van der Waals surface area contributed by atoms with E-state index in [0.29, 0.717) is 12.1 Å². The molecule has 0 spiro atoms. The van der Waals surface area contributed by atoms with Crippen LogP contribution in [0.5, 0.6) is 0 Å². The number of benzene rings is 1. The van der Waals surface area contributed by atoms with E-state index in [9.17, 15) is 4.79 Å². The molecule has 4 nitrogen and oxygen atoms in total. The van der Waals surface area contributed by atoms with Gasteiger partial charge in [-0.3, -0.25) is 9.48 Å². The van der Waals surface area contributed by atoms with E-state index in [1.54, 1.807) is 0 Å². The lowest BCUT2D eigenvalue weighted by Gasteiger charge is -2.04. The molecule has 0 unspecified atom stereocenters. The zero-order valence-corrected chi connectivity index (χ0v) is 13.1. The number of aromatic nitrogens is 2. The highest BCUT2D eigenvalue weighted by Crippen LogP contribution is 2.09. The summed E-state index contributed by atoms with van der Waals surface area (Å²) >= 11 is 2.20. The van der Waals surface area contributed by atoms with E-state index in [4.69, 9.17) is 0 Å². The van der Waals surface area contributed by atoms with Gasteiger partial charge < -0.3 is 5.32 Å². The lowest BCUT2D eigenvalue weighted by atomic mass is 10.2. The maximum absolute atomic E-state index is 12.0. The van der Waals surface area contributed by atoms with E-state index in [1.165, 1.54) is 0 Å². The summed E-state index contributed by atoms with van der Waals surface area (Å²) < 4.78 is 2.93. The summed E-state index contributed by atoms with van der Waals surface area (Å²) in [6.07, 6.45) is 1.98. The molecule has 0 aliphatic carbocycles. The fourth-order valence-corrected chi connectivity index (χ4v) is 2.35. The fourth-order valence-electron chi connectivity index (χ4n) is 1.80. The third-order valence-electron chi connectivity index (χ3n) is 2.90. The molecule has 2 rings (SSSR count). The molecule has 0 fully saturated rings. The van der Waals surface area contributed by atoms with Crippen LogP contribution in [-0.2, 0) is 13.1 Å². The first-order valence-corrected chi connectivity index (χ1v) is 7.24. The Hall–Kier alpha value is -1.37. The number of carbonyl (C=O) groups is 1. The second-order valence-corrected chi connectivity index (χ2v) is 5.53. The van der Waals surface area contributed by atoms with Gasteiger partial charge in [0, 0.05) is 34.0 Å². The Kier molecular flexibility index (Phi) is 4.57. The molecule has 1 aromatic carbocycles. The molecule has 1 amide bonds. The van der Waals surface area contributed by atoms with E-state index in [2.05, 4.69) is 33.0 Å². The fraction of sp³-hybridized carbons (Fsp3) is 0.286. The number of nitrogens with zero attached hydrogens (tertiary/aromatic N) is 2. The maximum atomic E-state index is 12.0. The van der Waals surface area contributed by atoms with Crippen molar-refractivity contribution in [2.45, 2.75) is 26.9 Å². The number of hydrogen-bond donors (Lipinski definition) is 1. The number of nitrogens with one attached hydrogen (secondary N) is 1. The monoisotopic (exact) mass is 369 g/mol. The molecule has 0 saturated carbocycles. The van der Waals surface area contributed by atoms with E-state index in [0.717, 1.165) is 21.4 Å². The van der Waals surface area contributed by atoms with E-state index in [-0.39, 0.29) is 5.91 Å². The summed E-state index contributed by atoms with van der Waals surface area (Å²) in [5.41, 5.74) is 2.71. The van der Waals surface area contributed by atoms with Crippen LogP contribution in [0.25, 0.3) is 0 Å². The molecule has 5 heteroatoms. The molecule has 1 aromatic heterocycles. The van der Waals surface area contributed by atoms with Crippen LogP contribution in [0.15, 0.2) is 30.5 Å². The van der Waals surface area contributed by atoms with Crippen LogP contribution in [0.4, 0.5) is 0 Å². The molecule has 0 atom stereocenters. The lowest BCUT2D eigenvalue weighted by Crippen LogP contribution is -2.23. The van der Waals surface area contributed by atoms with Gasteiger partial charge >= 0.3 is 0 Å². The molecule has 100 valence electrons. The quantitative estimate of drug-likeness (QED) is 0.843. The largest absolute Gasteiger partial charge is 0.348 e. The van der Waals surface area contributed by atoms with Crippen molar-refractivity contribution in [1.29, 1.82) is 0 Å². The van der Waals surface area contributed by atoms with Crippen molar-refractivity contribution in [3.63, 3.8) is 0 Å². The second kappa shape index (κ2) is 6.18. The zero-order valence-electron chi connectivity index (χ0n) is 11.0. The van der Waals surface area contributed by atoms with E-state index in [1.807, 2.05) is 49.0 Å². The van der Waals surface area contributed by atoms with Crippen LogP contribution in [0.2, 0.25) is 0 Å². The number of aryl methyl sites for hydroxylation is 2. The van der Waals surface area contributed by atoms with Gasteiger partial charge in [-0.05, 0) is 54.6 Å². The van der Waals surface area contributed by atoms with Crippen LogP contribution in [0, 0.1) is 10.5 Å². The minimum Gasteiger partial charge on any atom is -0.348 e. The third-order valence-corrected chi connectivity index (χ3v) is 3.57. The predicted octanol–water partition coefficient (Wildman–Crippen LogP) is 2.75. The van der Waals surface area contributed by atoms with Gasteiger partial charge in [-0.2, -0.15) is 5.10 Å². The maximum Gasteiger partial charge on any atom is 0.251 e. The molecule has 19 heavy (non-hydrogen) atoms. The molecule has 1 heterocycles. The Morgan fingerprint density at radius 2 is 2.26 bits per heavy atom. The van der Waals surface area contributed by atoms with Crippen LogP contribution < -0.4 is 5.32 Å². The predicted molar refractivity (Wildman–Crippen MR) is 83.0 cm³/mol. The Balaban J connectivity index is 2.02. The molecule has 2 aromatic rings. The smallest absolute Gasteiger partial charge is 0.251 e. The van der Waals surface area contributed by atoms with Crippen LogP contribution in [0.1, 0.15) is 28.5 Å². The minimum atomic E-state index is -0.0536. The van der Waals surface area contributed by atoms with Crippen molar-refractivity contribution < 1.29 is 4.79 Å². The number of carbonyl (C=O) groups excluding carboxylic acids is 1. The molecule has 0 aliphatic rings. The first-order chi connectivity index (χ1) is 9.10. The lowest BCUT2D eigenvalue weighted by molar-refractivity contribution is 0.0951.